The summed E-state index contributed by atoms with van der Waals surface area (Å²) in [4.78, 5) is 15.6. The van der Waals surface area contributed by atoms with Crippen molar-refractivity contribution in [3.8, 4) is 0 Å². The molecule has 1 aromatic carbocycles. The molecule has 2 atom stereocenters. The number of nitrogens with zero attached hydrogens (tertiary/aromatic N) is 1. The van der Waals surface area contributed by atoms with Crippen LogP contribution in [0.2, 0.25) is 0 Å². The lowest BCUT2D eigenvalue weighted by atomic mass is 10.0. The third-order valence-corrected chi connectivity index (χ3v) is 5.01. The third-order valence-electron chi connectivity index (χ3n) is 4.21. The first kappa shape index (κ1) is 13.9. The number of fused-ring (bicyclic) bond motifs is 1. The molecule has 3 rings (SSSR count). The molecule has 1 aromatic rings. The lowest BCUT2D eigenvalue weighted by Gasteiger charge is -2.17. The highest BCUT2D eigenvalue weighted by Gasteiger charge is 2.36. The fourth-order valence-electron chi connectivity index (χ4n) is 3.22. The van der Waals surface area contributed by atoms with Gasteiger partial charge in [0, 0.05) is 18.0 Å². The first-order chi connectivity index (χ1) is 9.76. The Balaban J connectivity index is 1.55. The molecule has 0 saturated carbocycles. The number of likely N-dealkylation sites (tertiary alicyclic amines) is 1. The Hall–Kier alpha value is -1.04. The minimum Gasteiger partial charge on any atom is -0.324 e. The van der Waals surface area contributed by atoms with Gasteiger partial charge in [-0.25, -0.2) is 0 Å². The molecule has 2 fully saturated rings. The van der Waals surface area contributed by atoms with Crippen molar-refractivity contribution in [3.05, 3.63) is 24.3 Å². The number of rotatable bonds is 4. The molecule has 20 heavy (non-hydrogen) atoms. The first-order valence-corrected chi connectivity index (χ1v) is 8.34. The van der Waals surface area contributed by atoms with Crippen LogP contribution in [0.5, 0.6) is 0 Å². The van der Waals surface area contributed by atoms with Gasteiger partial charge in [0.25, 0.3) is 0 Å². The monoisotopic (exact) mass is 291 g/mol. The van der Waals surface area contributed by atoms with E-state index in [9.17, 15) is 4.79 Å². The Labute approximate surface area is 124 Å². The molecule has 2 aliphatic rings. The van der Waals surface area contributed by atoms with E-state index in [-0.39, 0.29) is 5.91 Å². The number of hydrogen-bond acceptors (Lipinski definition) is 4. The van der Waals surface area contributed by atoms with Crippen LogP contribution in [0.3, 0.4) is 0 Å². The number of nitrogens with one attached hydrogen (secondary N) is 2. The second kappa shape index (κ2) is 6.16. The first-order valence-electron chi connectivity index (χ1n) is 7.12. The van der Waals surface area contributed by atoms with Crippen LogP contribution in [0.1, 0.15) is 0 Å². The van der Waals surface area contributed by atoms with Gasteiger partial charge < -0.3 is 10.6 Å². The zero-order valence-electron chi connectivity index (χ0n) is 11.8. The van der Waals surface area contributed by atoms with E-state index < -0.39 is 0 Å². The van der Waals surface area contributed by atoms with Crippen LogP contribution in [0.25, 0.3) is 0 Å². The summed E-state index contributed by atoms with van der Waals surface area (Å²) in [5.41, 5.74) is 0.922. The van der Waals surface area contributed by atoms with Crippen LogP contribution >= 0.6 is 11.8 Å². The Morgan fingerprint density at radius 1 is 1.35 bits per heavy atom. The topological polar surface area (TPSA) is 44.4 Å². The number of thioether (sulfide) groups is 1. The molecule has 2 saturated heterocycles. The quantitative estimate of drug-likeness (QED) is 0.825. The third kappa shape index (κ3) is 3.00. The normalized spacial score (nSPS) is 25.6. The molecule has 0 spiro atoms. The maximum atomic E-state index is 12.2. The highest BCUT2D eigenvalue weighted by molar-refractivity contribution is 7.98. The minimum atomic E-state index is 0.0967. The fraction of sp³-hybridized carbons (Fsp3) is 0.533. The summed E-state index contributed by atoms with van der Waals surface area (Å²) >= 11 is 1.66. The standard InChI is InChI=1S/C15H21N3OS/c1-20-14-5-3-2-4-13(14)17-15(19)10-18-8-11-6-16-7-12(11)9-18/h2-5,11-12,16H,6-10H2,1H3,(H,17,19). The largest absolute Gasteiger partial charge is 0.324 e. The van der Waals surface area contributed by atoms with E-state index in [0.29, 0.717) is 6.54 Å². The summed E-state index contributed by atoms with van der Waals surface area (Å²) in [7, 11) is 0. The summed E-state index contributed by atoms with van der Waals surface area (Å²) in [6.07, 6.45) is 2.03. The number of carbonyl (C=O) groups is 1. The molecular formula is C15H21N3OS. The molecular weight excluding hydrogens is 270 g/mol. The van der Waals surface area contributed by atoms with Crippen molar-refractivity contribution >= 4 is 23.4 Å². The smallest absolute Gasteiger partial charge is 0.238 e. The van der Waals surface area contributed by atoms with Crippen LogP contribution in [0.15, 0.2) is 29.2 Å². The van der Waals surface area contributed by atoms with Gasteiger partial charge in [0.05, 0.1) is 12.2 Å². The van der Waals surface area contributed by atoms with Gasteiger partial charge in [-0.3, -0.25) is 9.69 Å². The van der Waals surface area contributed by atoms with Gasteiger partial charge in [0.1, 0.15) is 0 Å². The van der Waals surface area contributed by atoms with Crippen LogP contribution < -0.4 is 10.6 Å². The van der Waals surface area contributed by atoms with Crippen LogP contribution in [-0.4, -0.2) is 49.8 Å². The molecule has 108 valence electrons. The molecule has 0 aromatic heterocycles. The Morgan fingerprint density at radius 2 is 2.05 bits per heavy atom. The van der Waals surface area contributed by atoms with Gasteiger partial charge in [0.2, 0.25) is 5.91 Å². The Bertz CT molecular complexity index is 482. The van der Waals surface area contributed by atoms with Crippen LogP contribution in [0, 0.1) is 11.8 Å². The zero-order valence-corrected chi connectivity index (χ0v) is 12.6. The van der Waals surface area contributed by atoms with E-state index in [0.717, 1.165) is 48.6 Å². The second-order valence-electron chi connectivity index (χ2n) is 5.62. The minimum absolute atomic E-state index is 0.0967. The van der Waals surface area contributed by atoms with Crippen molar-refractivity contribution < 1.29 is 4.79 Å². The lowest BCUT2D eigenvalue weighted by molar-refractivity contribution is -0.117. The van der Waals surface area contributed by atoms with E-state index in [4.69, 9.17) is 0 Å². The number of amides is 1. The summed E-state index contributed by atoms with van der Waals surface area (Å²) in [6, 6.07) is 7.95. The predicted octanol–water partition coefficient (Wildman–Crippen LogP) is 1.50. The lowest BCUT2D eigenvalue weighted by Crippen LogP contribution is -2.33. The van der Waals surface area contributed by atoms with Crippen molar-refractivity contribution in [2.45, 2.75) is 4.90 Å². The fourth-order valence-corrected chi connectivity index (χ4v) is 3.78. The number of hydrogen-bond donors (Lipinski definition) is 2. The van der Waals surface area contributed by atoms with Crippen molar-refractivity contribution in [2.24, 2.45) is 11.8 Å². The van der Waals surface area contributed by atoms with Gasteiger partial charge in [0.15, 0.2) is 0 Å². The van der Waals surface area contributed by atoms with Crippen molar-refractivity contribution in [3.63, 3.8) is 0 Å². The molecule has 0 aliphatic carbocycles. The van der Waals surface area contributed by atoms with Gasteiger partial charge in [-0.1, -0.05) is 12.1 Å². The number of benzene rings is 1. The molecule has 2 aliphatic heterocycles. The van der Waals surface area contributed by atoms with Crippen LogP contribution in [0.4, 0.5) is 5.69 Å². The number of anilines is 1. The van der Waals surface area contributed by atoms with Crippen molar-refractivity contribution in [2.75, 3.05) is 44.3 Å². The predicted molar refractivity (Wildman–Crippen MR) is 83.1 cm³/mol. The average molecular weight is 291 g/mol. The van der Waals surface area contributed by atoms with E-state index in [1.54, 1.807) is 11.8 Å². The summed E-state index contributed by atoms with van der Waals surface area (Å²) in [5, 5.41) is 6.46. The molecule has 0 bridgehead atoms. The van der Waals surface area contributed by atoms with E-state index in [1.807, 2.05) is 30.5 Å². The number of carbonyl (C=O) groups excluding carboxylic acids is 1. The summed E-state index contributed by atoms with van der Waals surface area (Å²) in [6.45, 7) is 4.83. The molecule has 2 N–H and O–H groups in total. The molecule has 1 amide bonds. The van der Waals surface area contributed by atoms with Gasteiger partial charge in [-0.05, 0) is 43.3 Å². The highest BCUT2D eigenvalue weighted by atomic mass is 32.2. The SMILES string of the molecule is CSc1ccccc1NC(=O)CN1CC2CNCC2C1. The molecule has 2 unspecified atom stereocenters. The van der Waals surface area contributed by atoms with Gasteiger partial charge in [-0.2, -0.15) is 0 Å². The number of para-hydroxylation sites is 1. The average Bonchev–Trinajstić information content (AvgIpc) is 3.00. The van der Waals surface area contributed by atoms with E-state index in [1.165, 1.54) is 0 Å². The summed E-state index contributed by atoms with van der Waals surface area (Å²) in [5.74, 6) is 1.57. The highest BCUT2D eigenvalue weighted by Crippen LogP contribution is 2.27. The van der Waals surface area contributed by atoms with Crippen LogP contribution in [-0.2, 0) is 4.79 Å². The second-order valence-corrected chi connectivity index (χ2v) is 6.47. The van der Waals surface area contributed by atoms with Gasteiger partial charge in [-0.15, -0.1) is 11.8 Å². The Kier molecular flexibility index (Phi) is 4.29. The van der Waals surface area contributed by atoms with Gasteiger partial charge >= 0.3 is 0 Å². The maximum Gasteiger partial charge on any atom is 0.238 e. The molecule has 0 radical (unpaired) electrons. The van der Waals surface area contributed by atoms with E-state index >= 15 is 0 Å². The zero-order chi connectivity index (χ0) is 13.9. The Morgan fingerprint density at radius 3 is 2.75 bits per heavy atom. The van der Waals surface area contributed by atoms with Crippen molar-refractivity contribution in [1.29, 1.82) is 0 Å². The van der Waals surface area contributed by atoms with E-state index in [2.05, 4.69) is 15.5 Å². The summed E-state index contributed by atoms with van der Waals surface area (Å²) < 4.78 is 0. The molecule has 4 nitrogen and oxygen atoms in total. The van der Waals surface area contributed by atoms with Crippen molar-refractivity contribution in [1.82, 2.24) is 10.2 Å². The molecule has 5 heteroatoms. The molecule has 2 heterocycles. The maximum absolute atomic E-state index is 12.2.